The first kappa shape index (κ1) is 11.9. The zero-order valence-electron chi connectivity index (χ0n) is 9.87. The van der Waals surface area contributed by atoms with Crippen molar-refractivity contribution in [2.24, 2.45) is 0 Å². The Labute approximate surface area is 105 Å². The molecule has 0 fully saturated rings. The monoisotopic (exact) mass is 252 g/mol. The van der Waals surface area contributed by atoms with Gasteiger partial charge in [0.15, 0.2) is 0 Å². The number of nitrogens with zero attached hydrogens (tertiary/aromatic N) is 1. The molecule has 1 aliphatic rings. The molecule has 2 amide bonds. The number of carbonyl (C=O) groups is 2. The highest BCUT2D eigenvalue weighted by atomic mass is 35.5. The van der Waals surface area contributed by atoms with Gasteiger partial charge in [0, 0.05) is 12.1 Å². The largest absolute Gasteiger partial charge is 0.330 e. The molecular weight excluding hydrogens is 240 g/mol. The second kappa shape index (κ2) is 4.04. The third-order valence-electron chi connectivity index (χ3n) is 3.06. The molecule has 0 aliphatic carbocycles. The fourth-order valence-corrected chi connectivity index (χ4v) is 2.12. The van der Waals surface area contributed by atoms with Crippen molar-refractivity contribution in [1.29, 1.82) is 0 Å². The molecule has 0 unspecified atom stereocenters. The summed E-state index contributed by atoms with van der Waals surface area (Å²) in [5.74, 6) is -0.388. The van der Waals surface area contributed by atoms with E-state index >= 15 is 0 Å². The van der Waals surface area contributed by atoms with Gasteiger partial charge in [0.1, 0.15) is 6.04 Å². The van der Waals surface area contributed by atoms with Crippen LogP contribution in [0.5, 0.6) is 0 Å². The van der Waals surface area contributed by atoms with Gasteiger partial charge in [-0.1, -0.05) is 11.6 Å². The quantitative estimate of drug-likeness (QED) is 0.768. The van der Waals surface area contributed by atoms with Crippen LogP contribution in [0.3, 0.4) is 0 Å². The molecule has 17 heavy (non-hydrogen) atoms. The average molecular weight is 253 g/mol. The van der Waals surface area contributed by atoms with Gasteiger partial charge in [-0.15, -0.1) is 0 Å². The summed E-state index contributed by atoms with van der Waals surface area (Å²) in [6.45, 7) is 3.50. The highest BCUT2D eigenvalue weighted by Gasteiger charge is 2.30. The summed E-state index contributed by atoms with van der Waals surface area (Å²) in [4.78, 5) is 25.4. The normalized spacial score (nSPS) is 19.8. The topological polar surface area (TPSA) is 49.4 Å². The molecule has 1 aliphatic heterocycles. The van der Waals surface area contributed by atoms with Gasteiger partial charge >= 0.3 is 0 Å². The van der Waals surface area contributed by atoms with Gasteiger partial charge in [0.25, 0.3) is 5.91 Å². The lowest BCUT2D eigenvalue weighted by atomic mass is 10.1. The summed E-state index contributed by atoms with van der Waals surface area (Å²) in [6.07, 6.45) is 0. The molecule has 0 spiro atoms. The van der Waals surface area contributed by atoms with Gasteiger partial charge in [-0.05, 0) is 31.5 Å². The van der Waals surface area contributed by atoms with Crippen LogP contribution in [0, 0.1) is 6.92 Å². The summed E-state index contributed by atoms with van der Waals surface area (Å²) >= 11 is 5.94. The smallest absolute Gasteiger partial charge is 0.256 e. The minimum atomic E-state index is -0.493. The van der Waals surface area contributed by atoms with E-state index in [1.54, 1.807) is 26.1 Å². The van der Waals surface area contributed by atoms with E-state index in [1.165, 1.54) is 4.90 Å². The Morgan fingerprint density at radius 3 is 2.65 bits per heavy atom. The molecule has 1 atom stereocenters. The van der Waals surface area contributed by atoms with Crippen molar-refractivity contribution in [2.75, 3.05) is 12.4 Å². The molecular formula is C12H13ClN2O2. The lowest BCUT2D eigenvalue weighted by Crippen LogP contribution is -2.40. The van der Waals surface area contributed by atoms with Gasteiger partial charge in [0.2, 0.25) is 5.91 Å². The van der Waals surface area contributed by atoms with Crippen molar-refractivity contribution >= 4 is 29.1 Å². The summed E-state index contributed by atoms with van der Waals surface area (Å²) in [5, 5.41) is 3.26. The molecule has 1 aromatic rings. The summed E-state index contributed by atoms with van der Waals surface area (Å²) < 4.78 is 0. The van der Waals surface area contributed by atoms with E-state index in [9.17, 15) is 9.59 Å². The third-order valence-corrected chi connectivity index (χ3v) is 3.28. The van der Waals surface area contributed by atoms with Crippen molar-refractivity contribution in [3.8, 4) is 0 Å². The van der Waals surface area contributed by atoms with Crippen LogP contribution in [0.25, 0.3) is 0 Å². The standard InChI is InChI=1S/C12H13ClN2O2/c1-6-4-8(13)5-9-10(6)14-11(16)7(2)15(3)12(9)17/h4-5,7H,1-3H3,(H,14,16)/t7-/m0/s1. The van der Waals surface area contributed by atoms with Crippen LogP contribution in [0.4, 0.5) is 5.69 Å². The van der Waals surface area contributed by atoms with E-state index in [2.05, 4.69) is 5.32 Å². The van der Waals surface area contributed by atoms with Crippen LogP contribution in [0.2, 0.25) is 5.02 Å². The average Bonchev–Trinajstić information content (AvgIpc) is 2.34. The number of aryl methyl sites for hydroxylation is 1. The zero-order valence-corrected chi connectivity index (χ0v) is 10.6. The van der Waals surface area contributed by atoms with Crippen LogP contribution < -0.4 is 5.32 Å². The zero-order chi connectivity index (χ0) is 12.7. The van der Waals surface area contributed by atoms with E-state index in [1.807, 2.05) is 6.92 Å². The number of likely N-dealkylation sites (N-methyl/N-ethyl adjacent to an activating group) is 1. The SMILES string of the molecule is Cc1cc(Cl)cc2c1NC(=O)[C@H](C)N(C)C2=O. The van der Waals surface area contributed by atoms with E-state index in [0.29, 0.717) is 16.3 Å². The Bertz CT molecular complexity index is 513. The van der Waals surface area contributed by atoms with Gasteiger partial charge in [-0.2, -0.15) is 0 Å². The number of nitrogens with one attached hydrogen (secondary N) is 1. The molecule has 1 aromatic carbocycles. The highest BCUT2D eigenvalue weighted by Crippen LogP contribution is 2.29. The number of halogens is 1. The molecule has 1 heterocycles. The van der Waals surface area contributed by atoms with Gasteiger partial charge < -0.3 is 10.2 Å². The number of hydrogen-bond donors (Lipinski definition) is 1. The Kier molecular flexibility index (Phi) is 2.83. The summed E-state index contributed by atoms with van der Waals surface area (Å²) in [5.41, 5.74) is 1.78. The number of rotatable bonds is 0. The summed E-state index contributed by atoms with van der Waals surface area (Å²) in [7, 11) is 1.61. The van der Waals surface area contributed by atoms with Crippen LogP contribution in [-0.2, 0) is 4.79 Å². The highest BCUT2D eigenvalue weighted by molar-refractivity contribution is 6.31. The number of amides is 2. The van der Waals surface area contributed by atoms with E-state index < -0.39 is 6.04 Å². The second-order valence-corrected chi connectivity index (χ2v) is 4.66. The van der Waals surface area contributed by atoms with E-state index in [0.717, 1.165) is 5.56 Å². The number of anilines is 1. The second-order valence-electron chi connectivity index (χ2n) is 4.23. The molecule has 0 bridgehead atoms. The molecule has 0 aromatic heterocycles. The minimum Gasteiger partial charge on any atom is -0.330 e. The van der Waals surface area contributed by atoms with Crippen molar-refractivity contribution in [1.82, 2.24) is 4.90 Å². The third kappa shape index (κ3) is 1.89. The molecule has 0 saturated carbocycles. The Hall–Kier alpha value is -1.55. The molecule has 4 nitrogen and oxygen atoms in total. The molecule has 2 rings (SSSR count). The Morgan fingerprint density at radius 2 is 2.00 bits per heavy atom. The van der Waals surface area contributed by atoms with Crippen molar-refractivity contribution in [3.05, 3.63) is 28.3 Å². The van der Waals surface area contributed by atoms with Crippen molar-refractivity contribution in [2.45, 2.75) is 19.9 Å². The van der Waals surface area contributed by atoms with Gasteiger partial charge in [-0.3, -0.25) is 9.59 Å². The number of benzene rings is 1. The van der Waals surface area contributed by atoms with Crippen molar-refractivity contribution < 1.29 is 9.59 Å². The van der Waals surface area contributed by atoms with Crippen LogP contribution in [-0.4, -0.2) is 29.8 Å². The maximum absolute atomic E-state index is 12.2. The maximum Gasteiger partial charge on any atom is 0.256 e. The molecule has 1 N–H and O–H groups in total. The van der Waals surface area contributed by atoms with Crippen molar-refractivity contribution in [3.63, 3.8) is 0 Å². The number of carbonyl (C=O) groups excluding carboxylic acids is 2. The van der Waals surface area contributed by atoms with Gasteiger partial charge in [0.05, 0.1) is 11.3 Å². The van der Waals surface area contributed by atoms with Gasteiger partial charge in [-0.25, -0.2) is 0 Å². The lowest BCUT2D eigenvalue weighted by Gasteiger charge is -2.20. The first-order chi connectivity index (χ1) is 7.91. The predicted molar refractivity (Wildman–Crippen MR) is 66.4 cm³/mol. The number of hydrogen-bond acceptors (Lipinski definition) is 2. The van der Waals surface area contributed by atoms with E-state index in [4.69, 9.17) is 11.6 Å². The first-order valence-corrected chi connectivity index (χ1v) is 5.67. The predicted octanol–water partition coefficient (Wildman–Crippen LogP) is 2.06. The maximum atomic E-state index is 12.2. The number of fused-ring (bicyclic) bond motifs is 1. The lowest BCUT2D eigenvalue weighted by molar-refractivity contribution is -0.119. The summed E-state index contributed by atoms with van der Waals surface area (Å²) in [6, 6.07) is 2.82. The van der Waals surface area contributed by atoms with Crippen LogP contribution >= 0.6 is 11.6 Å². The fourth-order valence-electron chi connectivity index (χ4n) is 1.85. The van der Waals surface area contributed by atoms with Crippen LogP contribution in [0.15, 0.2) is 12.1 Å². The molecule has 5 heteroatoms. The molecule has 0 saturated heterocycles. The molecule has 0 radical (unpaired) electrons. The molecule has 90 valence electrons. The Morgan fingerprint density at radius 1 is 1.35 bits per heavy atom. The minimum absolute atomic E-state index is 0.190. The van der Waals surface area contributed by atoms with Crippen LogP contribution in [0.1, 0.15) is 22.8 Å². The van der Waals surface area contributed by atoms with E-state index in [-0.39, 0.29) is 11.8 Å². The first-order valence-electron chi connectivity index (χ1n) is 5.30. The fraction of sp³-hybridized carbons (Fsp3) is 0.333. The Balaban J connectivity index is 2.65.